The summed E-state index contributed by atoms with van der Waals surface area (Å²) in [5.74, 6) is 1.07. The van der Waals surface area contributed by atoms with E-state index in [1.54, 1.807) is 7.11 Å². The first-order chi connectivity index (χ1) is 9.11. The molecule has 1 amide bonds. The molecule has 0 aromatic heterocycles. The average Bonchev–Trinajstić information content (AvgIpc) is 2.39. The van der Waals surface area contributed by atoms with Gasteiger partial charge in [0.1, 0.15) is 5.75 Å². The summed E-state index contributed by atoms with van der Waals surface area (Å²) in [5, 5.41) is 6.27. The molecular formula is C15H22N2O2. The van der Waals surface area contributed by atoms with Gasteiger partial charge in [0.2, 0.25) is 5.91 Å². The number of methoxy groups -OCH3 is 1. The highest BCUT2D eigenvalue weighted by molar-refractivity contribution is 5.93. The first-order valence-corrected chi connectivity index (χ1v) is 6.78. The van der Waals surface area contributed by atoms with Crippen molar-refractivity contribution >= 4 is 11.6 Å². The van der Waals surface area contributed by atoms with Gasteiger partial charge in [-0.15, -0.1) is 0 Å². The van der Waals surface area contributed by atoms with Gasteiger partial charge >= 0.3 is 0 Å². The third-order valence-corrected chi connectivity index (χ3v) is 3.60. The third-order valence-electron chi connectivity index (χ3n) is 3.60. The lowest BCUT2D eigenvalue weighted by atomic mass is 9.98. The Hall–Kier alpha value is -1.55. The number of ether oxygens (including phenoxy) is 1. The summed E-state index contributed by atoms with van der Waals surface area (Å²) < 4.78 is 5.33. The van der Waals surface area contributed by atoms with Crippen LogP contribution in [0.4, 0.5) is 5.69 Å². The monoisotopic (exact) mass is 262 g/mol. The maximum atomic E-state index is 12.2. The fraction of sp³-hybridized carbons (Fsp3) is 0.533. The Balaban J connectivity index is 2.08. The van der Waals surface area contributed by atoms with Gasteiger partial charge in [-0.1, -0.05) is 0 Å². The summed E-state index contributed by atoms with van der Waals surface area (Å²) in [5.41, 5.74) is 2.94. The second-order valence-corrected chi connectivity index (χ2v) is 5.18. The molecule has 19 heavy (non-hydrogen) atoms. The van der Waals surface area contributed by atoms with Crippen molar-refractivity contribution in [2.45, 2.75) is 26.7 Å². The molecule has 1 heterocycles. The van der Waals surface area contributed by atoms with Crippen molar-refractivity contribution in [1.29, 1.82) is 0 Å². The van der Waals surface area contributed by atoms with Gasteiger partial charge in [0.05, 0.1) is 13.0 Å². The van der Waals surface area contributed by atoms with Crippen molar-refractivity contribution in [3.63, 3.8) is 0 Å². The summed E-state index contributed by atoms with van der Waals surface area (Å²) in [6.45, 7) is 5.78. The van der Waals surface area contributed by atoms with Crippen LogP contribution in [0.5, 0.6) is 5.75 Å². The van der Waals surface area contributed by atoms with Crippen LogP contribution >= 0.6 is 0 Å². The molecule has 104 valence electrons. The van der Waals surface area contributed by atoms with Gasteiger partial charge in [-0.05, 0) is 56.5 Å². The van der Waals surface area contributed by atoms with E-state index in [1.807, 2.05) is 26.0 Å². The normalized spacial score (nSPS) is 19.0. The summed E-state index contributed by atoms with van der Waals surface area (Å²) in [6.07, 6.45) is 2.03. The zero-order chi connectivity index (χ0) is 13.8. The van der Waals surface area contributed by atoms with E-state index in [0.717, 1.165) is 48.5 Å². The minimum atomic E-state index is 0.0801. The van der Waals surface area contributed by atoms with Gasteiger partial charge < -0.3 is 15.4 Å². The lowest BCUT2D eigenvalue weighted by Crippen LogP contribution is -2.37. The SMILES string of the molecule is COc1c(C)cc(NC(=O)C2CCCNC2)cc1C. The fourth-order valence-electron chi connectivity index (χ4n) is 2.66. The molecule has 1 aliphatic rings. The quantitative estimate of drug-likeness (QED) is 0.878. The molecule has 2 rings (SSSR count). The van der Waals surface area contributed by atoms with E-state index in [9.17, 15) is 4.79 Å². The zero-order valence-corrected chi connectivity index (χ0v) is 11.9. The minimum absolute atomic E-state index is 0.0801. The van der Waals surface area contributed by atoms with Crippen LogP contribution in [0.15, 0.2) is 12.1 Å². The first kappa shape index (κ1) is 13.9. The number of hydrogen-bond acceptors (Lipinski definition) is 3. The molecule has 1 fully saturated rings. The number of aryl methyl sites for hydroxylation is 2. The summed E-state index contributed by atoms with van der Waals surface area (Å²) in [6, 6.07) is 3.92. The fourth-order valence-corrected chi connectivity index (χ4v) is 2.66. The molecule has 0 spiro atoms. The second kappa shape index (κ2) is 6.06. The number of piperidine rings is 1. The van der Waals surface area contributed by atoms with E-state index >= 15 is 0 Å². The number of hydrogen-bond donors (Lipinski definition) is 2. The average molecular weight is 262 g/mol. The van der Waals surface area contributed by atoms with Crippen LogP contribution in [0.2, 0.25) is 0 Å². The smallest absolute Gasteiger partial charge is 0.228 e. The third kappa shape index (κ3) is 3.26. The van der Waals surface area contributed by atoms with Crippen LogP contribution < -0.4 is 15.4 Å². The number of rotatable bonds is 3. The molecule has 4 nitrogen and oxygen atoms in total. The van der Waals surface area contributed by atoms with Crippen LogP contribution in [0.3, 0.4) is 0 Å². The van der Waals surface area contributed by atoms with Gasteiger partial charge in [-0.25, -0.2) is 0 Å². The summed E-state index contributed by atoms with van der Waals surface area (Å²) in [7, 11) is 1.67. The Bertz CT molecular complexity index is 442. The molecule has 1 aromatic carbocycles. The van der Waals surface area contributed by atoms with Crippen molar-refractivity contribution in [3.8, 4) is 5.75 Å². The number of benzene rings is 1. The highest BCUT2D eigenvalue weighted by Gasteiger charge is 2.21. The maximum Gasteiger partial charge on any atom is 0.228 e. The number of amides is 1. The highest BCUT2D eigenvalue weighted by atomic mass is 16.5. The van der Waals surface area contributed by atoms with Crippen molar-refractivity contribution in [3.05, 3.63) is 23.3 Å². The van der Waals surface area contributed by atoms with E-state index in [4.69, 9.17) is 4.74 Å². The van der Waals surface area contributed by atoms with E-state index in [-0.39, 0.29) is 11.8 Å². The van der Waals surface area contributed by atoms with E-state index in [2.05, 4.69) is 10.6 Å². The van der Waals surface area contributed by atoms with Crippen molar-refractivity contribution < 1.29 is 9.53 Å². The highest BCUT2D eigenvalue weighted by Crippen LogP contribution is 2.27. The topological polar surface area (TPSA) is 50.4 Å². The second-order valence-electron chi connectivity index (χ2n) is 5.18. The molecule has 2 N–H and O–H groups in total. The maximum absolute atomic E-state index is 12.2. The Morgan fingerprint density at radius 1 is 1.37 bits per heavy atom. The lowest BCUT2D eigenvalue weighted by Gasteiger charge is -2.22. The number of nitrogens with one attached hydrogen (secondary N) is 2. The molecule has 1 aliphatic heterocycles. The van der Waals surface area contributed by atoms with Crippen molar-refractivity contribution in [2.24, 2.45) is 5.92 Å². The van der Waals surface area contributed by atoms with E-state index in [0.29, 0.717) is 0 Å². The molecule has 1 aromatic rings. The van der Waals surface area contributed by atoms with Gasteiger partial charge in [-0.2, -0.15) is 0 Å². The van der Waals surface area contributed by atoms with Crippen molar-refractivity contribution in [2.75, 3.05) is 25.5 Å². The Labute approximate surface area is 114 Å². The summed E-state index contributed by atoms with van der Waals surface area (Å²) in [4.78, 5) is 12.2. The van der Waals surface area contributed by atoms with Gasteiger partial charge in [-0.3, -0.25) is 4.79 Å². The predicted octanol–water partition coefficient (Wildman–Crippen LogP) is 2.25. The molecule has 4 heteroatoms. The van der Waals surface area contributed by atoms with Crippen LogP contribution in [0, 0.1) is 19.8 Å². The molecule has 0 bridgehead atoms. The lowest BCUT2D eigenvalue weighted by molar-refractivity contribution is -0.120. The Kier molecular flexibility index (Phi) is 4.43. The van der Waals surface area contributed by atoms with Gasteiger partial charge in [0.25, 0.3) is 0 Å². The van der Waals surface area contributed by atoms with E-state index in [1.165, 1.54) is 0 Å². The molecule has 1 atom stereocenters. The molecule has 0 saturated carbocycles. The number of carbonyl (C=O) groups is 1. The first-order valence-electron chi connectivity index (χ1n) is 6.78. The molecular weight excluding hydrogens is 240 g/mol. The standard InChI is InChI=1S/C15H22N2O2/c1-10-7-13(8-11(2)14(10)19-3)17-15(18)12-5-4-6-16-9-12/h7-8,12,16H,4-6,9H2,1-3H3,(H,17,18). The number of carbonyl (C=O) groups excluding carboxylic acids is 1. The Morgan fingerprint density at radius 3 is 2.58 bits per heavy atom. The predicted molar refractivity (Wildman–Crippen MR) is 76.7 cm³/mol. The molecule has 1 unspecified atom stereocenters. The van der Waals surface area contributed by atoms with Crippen LogP contribution in [-0.4, -0.2) is 26.1 Å². The summed E-state index contributed by atoms with van der Waals surface area (Å²) >= 11 is 0. The van der Waals surface area contributed by atoms with Crippen LogP contribution in [-0.2, 0) is 4.79 Å². The van der Waals surface area contributed by atoms with Gasteiger partial charge in [0.15, 0.2) is 0 Å². The molecule has 0 aliphatic carbocycles. The molecule has 1 saturated heterocycles. The minimum Gasteiger partial charge on any atom is -0.496 e. The van der Waals surface area contributed by atoms with E-state index < -0.39 is 0 Å². The number of anilines is 1. The van der Waals surface area contributed by atoms with Crippen LogP contribution in [0.25, 0.3) is 0 Å². The van der Waals surface area contributed by atoms with Crippen molar-refractivity contribution in [1.82, 2.24) is 5.32 Å². The zero-order valence-electron chi connectivity index (χ0n) is 11.9. The van der Waals surface area contributed by atoms with Crippen LogP contribution in [0.1, 0.15) is 24.0 Å². The largest absolute Gasteiger partial charge is 0.496 e. The Morgan fingerprint density at radius 2 is 2.05 bits per heavy atom. The molecule has 0 radical (unpaired) electrons. The van der Waals surface area contributed by atoms with Gasteiger partial charge in [0, 0.05) is 12.2 Å².